The van der Waals surface area contributed by atoms with Crippen molar-refractivity contribution in [2.45, 2.75) is 32.9 Å². The summed E-state index contributed by atoms with van der Waals surface area (Å²) in [6.45, 7) is 7.75. The number of carbonyl (C=O) groups is 1. The van der Waals surface area contributed by atoms with Crippen molar-refractivity contribution in [1.29, 1.82) is 0 Å². The fourth-order valence-corrected chi connectivity index (χ4v) is 2.69. The Morgan fingerprint density at radius 3 is 2.42 bits per heavy atom. The summed E-state index contributed by atoms with van der Waals surface area (Å²) in [5.74, 6) is 1.25. The van der Waals surface area contributed by atoms with Gasteiger partial charge in [0.15, 0.2) is 0 Å². The Labute approximate surface area is 82.8 Å². The molecular weight excluding hydrogens is 188 g/mol. The smallest absolute Gasteiger partial charge is 0.143 e. The maximum Gasteiger partial charge on any atom is 0.143 e. The molecule has 0 aromatic carbocycles. The van der Waals surface area contributed by atoms with Gasteiger partial charge < -0.3 is 0 Å². The molecule has 0 aliphatic rings. The fourth-order valence-electron chi connectivity index (χ4n) is 0.410. The molecule has 0 N–H and O–H groups in total. The summed E-state index contributed by atoms with van der Waals surface area (Å²) in [4.78, 5) is 10.8. The number of ketones is 1. The summed E-state index contributed by atoms with van der Waals surface area (Å²) >= 11 is 0. The first-order chi connectivity index (χ1) is 5.54. The SMILES string of the molecule is CC(=O)C(C)SSCC=C(C)C. The molecule has 1 unspecified atom stereocenters. The van der Waals surface area contributed by atoms with Crippen molar-refractivity contribution in [2.75, 3.05) is 5.75 Å². The molecule has 3 heteroatoms. The van der Waals surface area contributed by atoms with Gasteiger partial charge in [-0.3, -0.25) is 4.79 Å². The third-order valence-corrected chi connectivity index (χ3v) is 4.09. The molecule has 0 bridgehead atoms. The molecule has 70 valence electrons. The molecule has 0 saturated carbocycles. The van der Waals surface area contributed by atoms with E-state index in [2.05, 4.69) is 19.9 Å². The van der Waals surface area contributed by atoms with Crippen LogP contribution in [-0.4, -0.2) is 16.8 Å². The van der Waals surface area contributed by atoms with E-state index in [4.69, 9.17) is 0 Å². The van der Waals surface area contributed by atoms with Crippen molar-refractivity contribution < 1.29 is 4.79 Å². The van der Waals surface area contributed by atoms with Gasteiger partial charge in [0.05, 0.1) is 5.25 Å². The van der Waals surface area contributed by atoms with Gasteiger partial charge in [-0.2, -0.15) is 0 Å². The number of carbonyl (C=O) groups excluding carboxylic acids is 1. The lowest BCUT2D eigenvalue weighted by molar-refractivity contribution is -0.116. The minimum Gasteiger partial charge on any atom is -0.299 e. The highest BCUT2D eigenvalue weighted by molar-refractivity contribution is 8.77. The molecule has 0 aromatic heterocycles. The van der Waals surface area contributed by atoms with Crippen LogP contribution in [0.4, 0.5) is 0 Å². The lowest BCUT2D eigenvalue weighted by Gasteiger charge is -2.03. The van der Waals surface area contributed by atoms with Crippen LogP contribution in [0.1, 0.15) is 27.7 Å². The molecule has 0 spiro atoms. The zero-order valence-electron chi connectivity index (χ0n) is 8.09. The van der Waals surface area contributed by atoms with E-state index < -0.39 is 0 Å². The molecule has 0 heterocycles. The van der Waals surface area contributed by atoms with E-state index in [1.807, 2.05) is 6.92 Å². The Bertz CT molecular complexity index is 171. The van der Waals surface area contributed by atoms with E-state index in [-0.39, 0.29) is 11.0 Å². The van der Waals surface area contributed by atoms with Crippen LogP contribution >= 0.6 is 21.6 Å². The zero-order valence-corrected chi connectivity index (χ0v) is 9.72. The number of Topliss-reactive ketones (excluding diaryl/α,β-unsaturated/α-hetero) is 1. The molecule has 1 nitrogen and oxygen atoms in total. The van der Waals surface area contributed by atoms with Gasteiger partial charge >= 0.3 is 0 Å². The van der Waals surface area contributed by atoms with Gasteiger partial charge in [0.25, 0.3) is 0 Å². The van der Waals surface area contributed by atoms with E-state index in [1.54, 1.807) is 28.5 Å². The minimum atomic E-state index is 0.126. The highest BCUT2D eigenvalue weighted by Gasteiger charge is 2.06. The van der Waals surface area contributed by atoms with Crippen molar-refractivity contribution in [2.24, 2.45) is 0 Å². The summed E-state index contributed by atoms with van der Waals surface area (Å²) in [7, 11) is 3.39. The van der Waals surface area contributed by atoms with Gasteiger partial charge in [0.2, 0.25) is 0 Å². The lowest BCUT2D eigenvalue weighted by Crippen LogP contribution is -2.06. The summed E-state index contributed by atoms with van der Waals surface area (Å²) in [5.41, 5.74) is 1.33. The highest BCUT2D eigenvalue weighted by Crippen LogP contribution is 2.27. The Morgan fingerprint density at radius 1 is 1.42 bits per heavy atom. The molecule has 0 aliphatic heterocycles. The monoisotopic (exact) mass is 204 g/mol. The number of rotatable bonds is 5. The van der Waals surface area contributed by atoms with E-state index >= 15 is 0 Å². The largest absolute Gasteiger partial charge is 0.299 e. The Kier molecular flexibility index (Phi) is 6.67. The van der Waals surface area contributed by atoms with E-state index in [0.717, 1.165) is 5.75 Å². The lowest BCUT2D eigenvalue weighted by atomic mass is 10.3. The predicted molar refractivity (Wildman–Crippen MR) is 59.6 cm³/mol. The quantitative estimate of drug-likeness (QED) is 0.388. The number of allylic oxidation sites excluding steroid dienone is 1. The first-order valence-electron chi connectivity index (χ1n) is 3.96. The van der Waals surface area contributed by atoms with Crippen molar-refractivity contribution >= 4 is 27.4 Å². The Morgan fingerprint density at radius 2 is 2.00 bits per heavy atom. The molecule has 0 aromatic rings. The van der Waals surface area contributed by atoms with E-state index in [0.29, 0.717) is 0 Å². The average molecular weight is 204 g/mol. The van der Waals surface area contributed by atoms with Gasteiger partial charge in [-0.1, -0.05) is 33.2 Å². The van der Waals surface area contributed by atoms with Gasteiger partial charge in [-0.15, -0.1) is 0 Å². The van der Waals surface area contributed by atoms with Crippen LogP contribution in [0, 0.1) is 0 Å². The second-order valence-corrected chi connectivity index (χ2v) is 5.67. The maximum absolute atomic E-state index is 10.8. The van der Waals surface area contributed by atoms with Crippen LogP contribution in [0.2, 0.25) is 0 Å². The average Bonchev–Trinajstić information content (AvgIpc) is 1.97. The predicted octanol–water partition coefficient (Wildman–Crippen LogP) is 3.31. The molecule has 0 fully saturated rings. The topological polar surface area (TPSA) is 17.1 Å². The second kappa shape index (κ2) is 6.61. The van der Waals surface area contributed by atoms with E-state index in [1.165, 1.54) is 5.57 Å². The molecular formula is C9H16OS2. The first-order valence-corrected chi connectivity index (χ1v) is 6.34. The van der Waals surface area contributed by atoms with Crippen LogP contribution in [0.5, 0.6) is 0 Å². The molecule has 12 heavy (non-hydrogen) atoms. The highest BCUT2D eigenvalue weighted by atomic mass is 33.1. The fraction of sp³-hybridized carbons (Fsp3) is 0.667. The maximum atomic E-state index is 10.8. The van der Waals surface area contributed by atoms with Crippen LogP contribution in [0.15, 0.2) is 11.6 Å². The van der Waals surface area contributed by atoms with E-state index in [9.17, 15) is 4.79 Å². The van der Waals surface area contributed by atoms with Crippen LogP contribution in [0.25, 0.3) is 0 Å². The molecule has 0 rings (SSSR count). The third kappa shape index (κ3) is 6.80. The summed E-state index contributed by atoms with van der Waals surface area (Å²) in [5, 5.41) is 0.126. The van der Waals surface area contributed by atoms with Gasteiger partial charge in [-0.05, 0) is 27.7 Å². The number of hydrogen-bond acceptors (Lipinski definition) is 3. The Hall–Kier alpha value is 0.110. The third-order valence-electron chi connectivity index (χ3n) is 1.34. The second-order valence-electron chi connectivity index (χ2n) is 2.92. The summed E-state index contributed by atoms with van der Waals surface area (Å²) in [6, 6.07) is 0. The standard InChI is InChI=1S/C9H16OS2/c1-7(2)5-6-11-12-9(4)8(3)10/h5,9H,6H2,1-4H3. The molecule has 0 radical (unpaired) electrons. The first kappa shape index (κ1) is 12.1. The Balaban J connectivity index is 3.44. The molecule has 0 amide bonds. The molecule has 0 aliphatic carbocycles. The molecule has 1 atom stereocenters. The van der Waals surface area contributed by atoms with Gasteiger partial charge in [0, 0.05) is 5.75 Å². The van der Waals surface area contributed by atoms with Crippen molar-refractivity contribution in [3.8, 4) is 0 Å². The van der Waals surface area contributed by atoms with Crippen LogP contribution in [0.3, 0.4) is 0 Å². The van der Waals surface area contributed by atoms with Crippen LogP contribution in [-0.2, 0) is 4.79 Å². The summed E-state index contributed by atoms with van der Waals surface area (Å²) in [6.07, 6.45) is 2.17. The zero-order chi connectivity index (χ0) is 9.56. The summed E-state index contributed by atoms with van der Waals surface area (Å²) < 4.78 is 0. The molecule has 0 saturated heterocycles. The van der Waals surface area contributed by atoms with Crippen molar-refractivity contribution in [1.82, 2.24) is 0 Å². The normalized spacial score (nSPS) is 12.3. The van der Waals surface area contributed by atoms with Gasteiger partial charge in [0.1, 0.15) is 5.78 Å². The van der Waals surface area contributed by atoms with Crippen molar-refractivity contribution in [3.05, 3.63) is 11.6 Å². The van der Waals surface area contributed by atoms with Crippen molar-refractivity contribution in [3.63, 3.8) is 0 Å². The minimum absolute atomic E-state index is 0.126. The van der Waals surface area contributed by atoms with Crippen LogP contribution < -0.4 is 0 Å². The number of hydrogen-bond donors (Lipinski definition) is 0. The van der Waals surface area contributed by atoms with Gasteiger partial charge in [-0.25, -0.2) is 0 Å².